The first kappa shape index (κ1) is 19.8. The standard InChI is InChI=1S/C20H22N4O3S/c1-13-5-7-14(8-6-13)19-22-23-20(24(19)2)28-12-18(25)21-16-10-9-15(26-3)11-17(16)27-4/h5-11H,12H2,1-4H3,(H,21,25). The molecule has 28 heavy (non-hydrogen) atoms. The van der Waals surface area contributed by atoms with E-state index in [1.54, 1.807) is 32.4 Å². The monoisotopic (exact) mass is 398 g/mol. The normalized spacial score (nSPS) is 10.6. The quantitative estimate of drug-likeness (QED) is 0.614. The van der Waals surface area contributed by atoms with E-state index in [2.05, 4.69) is 15.5 Å². The summed E-state index contributed by atoms with van der Waals surface area (Å²) in [5, 5.41) is 12.0. The molecule has 2 aromatic carbocycles. The fraction of sp³-hybridized carbons (Fsp3) is 0.250. The lowest BCUT2D eigenvalue weighted by atomic mass is 10.1. The molecule has 0 bridgehead atoms. The Labute approximate surface area is 168 Å². The summed E-state index contributed by atoms with van der Waals surface area (Å²) < 4.78 is 12.4. The van der Waals surface area contributed by atoms with Crippen molar-refractivity contribution in [2.75, 3.05) is 25.3 Å². The van der Waals surface area contributed by atoms with Crippen LogP contribution in [-0.4, -0.2) is 40.6 Å². The van der Waals surface area contributed by atoms with Gasteiger partial charge in [-0.15, -0.1) is 10.2 Å². The summed E-state index contributed by atoms with van der Waals surface area (Å²) >= 11 is 1.33. The number of amides is 1. The van der Waals surface area contributed by atoms with Crippen LogP contribution in [0.4, 0.5) is 5.69 Å². The van der Waals surface area contributed by atoms with Gasteiger partial charge in [-0.05, 0) is 19.1 Å². The molecule has 1 heterocycles. The number of ether oxygens (including phenoxy) is 2. The Bertz CT molecular complexity index is 970. The summed E-state index contributed by atoms with van der Waals surface area (Å²) in [6, 6.07) is 13.3. The second-order valence-corrected chi connectivity index (χ2v) is 7.08. The minimum Gasteiger partial charge on any atom is -0.497 e. The molecular formula is C20H22N4O3S. The second kappa shape index (κ2) is 8.79. The lowest BCUT2D eigenvalue weighted by molar-refractivity contribution is -0.113. The third-order valence-electron chi connectivity index (χ3n) is 4.16. The van der Waals surface area contributed by atoms with Gasteiger partial charge in [0, 0.05) is 18.7 Å². The van der Waals surface area contributed by atoms with Gasteiger partial charge in [0.1, 0.15) is 11.5 Å². The van der Waals surface area contributed by atoms with E-state index in [9.17, 15) is 4.79 Å². The average Bonchev–Trinajstić information content (AvgIpc) is 3.07. The molecule has 0 saturated heterocycles. The molecule has 0 spiro atoms. The summed E-state index contributed by atoms with van der Waals surface area (Å²) in [5.74, 6) is 2.01. The lowest BCUT2D eigenvalue weighted by Crippen LogP contribution is -2.15. The highest BCUT2D eigenvalue weighted by Gasteiger charge is 2.14. The molecule has 7 nitrogen and oxygen atoms in total. The van der Waals surface area contributed by atoms with E-state index in [1.165, 1.54) is 17.3 Å². The van der Waals surface area contributed by atoms with Gasteiger partial charge in [0.15, 0.2) is 11.0 Å². The Morgan fingerprint density at radius 1 is 1.11 bits per heavy atom. The fourth-order valence-corrected chi connectivity index (χ4v) is 3.32. The Balaban J connectivity index is 1.65. The Morgan fingerprint density at radius 2 is 1.86 bits per heavy atom. The van der Waals surface area contributed by atoms with E-state index in [-0.39, 0.29) is 11.7 Å². The molecule has 0 radical (unpaired) electrons. The van der Waals surface area contributed by atoms with Gasteiger partial charge in [-0.1, -0.05) is 41.6 Å². The van der Waals surface area contributed by atoms with Crippen molar-refractivity contribution in [1.82, 2.24) is 14.8 Å². The van der Waals surface area contributed by atoms with Crippen LogP contribution in [0.25, 0.3) is 11.4 Å². The molecule has 3 rings (SSSR count). The Hall–Kier alpha value is -3.00. The van der Waals surface area contributed by atoms with E-state index in [4.69, 9.17) is 9.47 Å². The highest BCUT2D eigenvalue weighted by Crippen LogP contribution is 2.29. The van der Waals surface area contributed by atoms with E-state index >= 15 is 0 Å². The van der Waals surface area contributed by atoms with Crippen LogP contribution in [0.5, 0.6) is 11.5 Å². The third-order valence-corrected chi connectivity index (χ3v) is 5.18. The number of carbonyl (C=O) groups excluding carboxylic acids is 1. The molecule has 0 aliphatic heterocycles. The first-order valence-corrected chi connectivity index (χ1v) is 9.61. The number of benzene rings is 2. The van der Waals surface area contributed by atoms with Crippen molar-refractivity contribution in [1.29, 1.82) is 0 Å². The number of aromatic nitrogens is 3. The van der Waals surface area contributed by atoms with Crippen molar-refractivity contribution < 1.29 is 14.3 Å². The first-order valence-electron chi connectivity index (χ1n) is 8.63. The predicted octanol–water partition coefficient (Wildman–Crippen LogP) is 3.54. The minimum atomic E-state index is -0.159. The average molecular weight is 398 g/mol. The number of methoxy groups -OCH3 is 2. The van der Waals surface area contributed by atoms with Crippen molar-refractivity contribution >= 4 is 23.4 Å². The lowest BCUT2D eigenvalue weighted by Gasteiger charge is -2.11. The van der Waals surface area contributed by atoms with Crippen LogP contribution >= 0.6 is 11.8 Å². The highest BCUT2D eigenvalue weighted by atomic mass is 32.2. The number of thioether (sulfide) groups is 1. The smallest absolute Gasteiger partial charge is 0.234 e. The van der Waals surface area contributed by atoms with Crippen LogP contribution in [0.3, 0.4) is 0 Å². The molecule has 0 aliphatic rings. The number of aryl methyl sites for hydroxylation is 1. The van der Waals surface area contributed by atoms with Crippen molar-refractivity contribution in [2.24, 2.45) is 7.05 Å². The maximum Gasteiger partial charge on any atom is 0.234 e. The topological polar surface area (TPSA) is 78.3 Å². The Morgan fingerprint density at radius 3 is 2.54 bits per heavy atom. The van der Waals surface area contributed by atoms with Crippen LogP contribution in [0.2, 0.25) is 0 Å². The summed E-state index contributed by atoms with van der Waals surface area (Å²) in [5.41, 5.74) is 2.76. The van der Waals surface area contributed by atoms with Gasteiger partial charge >= 0.3 is 0 Å². The van der Waals surface area contributed by atoms with Crippen molar-refractivity contribution in [2.45, 2.75) is 12.1 Å². The molecule has 3 aromatic rings. The van der Waals surface area contributed by atoms with E-state index in [1.807, 2.05) is 42.8 Å². The van der Waals surface area contributed by atoms with Crippen LogP contribution in [0, 0.1) is 6.92 Å². The van der Waals surface area contributed by atoms with Crippen molar-refractivity contribution in [3.63, 3.8) is 0 Å². The Kier molecular flexibility index (Phi) is 6.20. The fourth-order valence-electron chi connectivity index (χ4n) is 2.61. The van der Waals surface area contributed by atoms with Gasteiger partial charge in [-0.3, -0.25) is 4.79 Å². The first-order chi connectivity index (χ1) is 13.5. The van der Waals surface area contributed by atoms with Gasteiger partial charge in [-0.2, -0.15) is 0 Å². The molecule has 1 N–H and O–H groups in total. The van der Waals surface area contributed by atoms with E-state index < -0.39 is 0 Å². The third kappa shape index (κ3) is 4.45. The van der Waals surface area contributed by atoms with Crippen LogP contribution in [0.15, 0.2) is 47.6 Å². The minimum absolute atomic E-state index is 0.159. The zero-order valence-corrected chi connectivity index (χ0v) is 17.0. The van der Waals surface area contributed by atoms with E-state index in [0.717, 1.165) is 11.4 Å². The van der Waals surface area contributed by atoms with Crippen LogP contribution in [-0.2, 0) is 11.8 Å². The number of nitrogens with one attached hydrogen (secondary N) is 1. The van der Waals surface area contributed by atoms with Gasteiger partial charge in [-0.25, -0.2) is 0 Å². The van der Waals surface area contributed by atoms with Crippen molar-refractivity contribution in [3.05, 3.63) is 48.0 Å². The van der Waals surface area contributed by atoms with Gasteiger partial charge in [0.05, 0.1) is 25.7 Å². The number of carbonyl (C=O) groups is 1. The second-order valence-electron chi connectivity index (χ2n) is 6.13. The number of nitrogens with zero attached hydrogens (tertiary/aromatic N) is 3. The molecule has 0 fully saturated rings. The van der Waals surface area contributed by atoms with Gasteiger partial charge in [0.2, 0.25) is 5.91 Å². The number of hydrogen-bond donors (Lipinski definition) is 1. The largest absolute Gasteiger partial charge is 0.497 e. The molecule has 0 atom stereocenters. The molecule has 146 valence electrons. The summed E-state index contributed by atoms with van der Waals surface area (Å²) in [6.07, 6.45) is 0. The zero-order chi connectivity index (χ0) is 20.1. The maximum atomic E-state index is 12.4. The highest BCUT2D eigenvalue weighted by molar-refractivity contribution is 7.99. The molecule has 0 unspecified atom stereocenters. The van der Waals surface area contributed by atoms with E-state index in [0.29, 0.717) is 22.3 Å². The van der Waals surface area contributed by atoms with Gasteiger partial charge in [0.25, 0.3) is 0 Å². The molecule has 1 aromatic heterocycles. The van der Waals surface area contributed by atoms with Gasteiger partial charge < -0.3 is 19.4 Å². The maximum absolute atomic E-state index is 12.4. The van der Waals surface area contributed by atoms with Crippen LogP contribution in [0.1, 0.15) is 5.56 Å². The number of rotatable bonds is 7. The SMILES string of the molecule is COc1ccc(NC(=O)CSc2nnc(-c3ccc(C)cc3)n2C)c(OC)c1. The van der Waals surface area contributed by atoms with Crippen LogP contribution < -0.4 is 14.8 Å². The van der Waals surface area contributed by atoms with Crippen molar-refractivity contribution in [3.8, 4) is 22.9 Å². The molecule has 8 heteroatoms. The molecular weight excluding hydrogens is 376 g/mol. The number of hydrogen-bond acceptors (Lipinski definition) is 6. The predicted molar refractivity (Wildman–Crippen MR) is 110 cm³/mol. The molecule has 1 amide bonds. The number of anilines is 1. The molecule has 0 saturated carbocycles. The molecule has 0 aliphatic carbocycles. The summed E-state index contributed by atoms with van der Waals surface area (Å²) in [6.45, 7) is 2.04. The summed E-state index contributed by atoms with van der Waals surface area (Å²) in [4.78, 5) is 12.4. The summed E-state index contributed by atoms with van der Waals surface area (Å²) in [7, 11) is 5.02. The zero-order valence-electron chi connectivity index (χ0n) is 16.2.